The number of aliphatic hydroxyl groups excluding tert-OH is 1. The van der Waals surface area contributed by atoms with E-state index in [0.717, 1.165) is 11.1 Å². The standard InChI is InChI=1S/C32H37N5O6/c1-19-15-26(39)24(17-21-9-5-4-6-10-21)37(3)32(43)20(2)29(40)23(16-22-11-7-13-33-18-22)35-30(41)27(19)36-31(42)28-25(38)12-8-14-34-28/h4-14,18-20,23-24,27,29,38,40H,15-17H2,1-3H3,(H,35,41)(H,36,42)/t19-,20+,23-,24?,27-,29-/m0/s1. The quantitative estimate of drug-likeness (QED) is 0.339. The highest BCUT2D eigenvalue weighted by Gasteiger charge is 2.40. The molecule has 0 bridgehead atoms. The lowest BCUT2D eigenvalue weighted by atomic mass is 9.86. The van der Waals surface area contributed by atoms with Crippen LogP contribution in [0.5, 0.6) is 5.75 Å². The van der Waals surface area contributed by atoms with E-state index in [2.05, 4.69) is 20.6 Å². The number of hydrogen-bond donors (Lipinski definition) is 4. The number of rotatable bonds is 6. The molecule has 1 saturated heterocycles. The first-order valence-electron chi connectivity index (χ1n) is 14.2. The van der Waals surface area contributed by atoms with E-state index in [9.17, 15) is 29.4 Å². The summed E-state index contributed by atoms with van der Waals surface area (Å²) in [6, 6.07) is 12.5. The van der Waals surface area contributed by atoms with Gasteiger partial charge in [0, 0.05) is 32.1 Å². The molecule has 4 N–H and O–H groups in total. The maximum atomic E-state index is 13.8. The fourth-order valence-corrected chi connectivity index (χ4v) is 5.39. The van der Waals surface area contributed by atoms with E-state index in [1.165, 1.54) is 23.2 Å². The lowest BCUT2D eigenvalue weighted by molar-refractivity contribution is -0.145. The van der Waals surface area contributed by atoms with E-state index in [0.29, 0.717) is 0 Å². The molecule has 6 atom stereocenters. The lowest BCUT2D eigenvalue weighted by Gasteiger charge is -2.36. The lowest BCUT2D eigenvalue weighted by Crippen LogP contribution is -2.59. The number of aromatic nitrogens is 2. The number of nitrogens with one attached hydrogen (secondary N) is 2. The number of aromatic hydroxyl groups is 1. The summed E-state index contributed by atoms with van der Waals surface area (Å²) >= 11 is 0. The smallest absolute Gasteiger partial charge is 0.274 e. The minimum absolute atomic E-state index is 0.133. The highest BCUT2D eigenvalue weighted by Crippen LogP contribution is 2.23. The van der Waals surface area contributed by atoms with Crippen LogP contribution in [-0.4, -0.2) is 79.9 Å². The van der Waals surface area contributed by atoms with Crippen LogP contribution in [0, 0.1) is 11.8 Å². The second-order valence-corrected chi connectivity index (χ2v) is 11.1. The molecule has 2 aromatic heterocycles. The maximum Gasteiger partial charge on any atom is 0.274 e. The molecule has 43 heavy (non-hydrogen) atoms. The molecule has 3 heterocycles. The van der Waals surface area contributed by atoms with E-state index in [4.69, 9.17) is 0 Å². The van der Waals surface area contributed by atoms with Crippen molar-refractivity contribution in [2.75, 3.05) is 7.05 Å². The van der Waals surface area contributed by atoms with Crippen LogP contribution in [0.4, 0.5) is 0 Å². The van der Waals surface area contributed by atoms with Gasteiger partial charge in [-0.25, -0.2) is 4.98 Å². The molecule has 1 aliphatic heterocycles. The molecular weight excluding hydrogens is 550 g/mol. The summed E-state index contributed by atoms with van der Waals surface area (Å²) in [5, 5.41) is 27.1. The zero-order chi connectivity index (χ0) is 31.1. The first-order valence-corrected chi connectivity index (χ1v) is 14.2. The Morgan fingerprint density at radius 2 is 1.70 bits per heavy atom. The van der Waals surface area contributed by atoms with Crippen LogP contribution in [0.3, 0.4) is 0 Å². The molecule has 3 amide bonds. The predicted octanol–water partition coefficient (Wildman–Crippen LogP) is 1.68. The monoisotopic (exact) mass is 587 g/mol. The Morgan fingerprint density at radius 3 is 2.37 bits per heavy atom. The Hall–Kier alpha value is -4.64. The summed E-state index contributed by atoms with van der Waals surface area (Å²) in [7, 11) is 1.55. The van der Waals surface area contributed by atoms with Crippen molar-refractivity contribution in [1.82, 2.24) is 25.5 Å². The summed E-state index contributed by atoms with van der Waals surface area (Å²) in [6.45, 7) is 3.22. The SMILES string of the molecule is C[C@H]1CC(=O)C(Cc2ccccc2)N(C)C(=O)[C@H](C)[C@H](O)[C@H](Cc2cccnc2)NC(=O)[C@H]1NC(=O)c1ncccc1O. The minimum Gasteiger partial charge on any atom is -0.505 e. The molecule has 4 rings (SSSR count). The van der Waals surface area contributed by atoms with Gasteiger partial charge in [0.2, 0.25) is 11.8 Å². The number of pyridine rings is 2. The third kappa shape index (κ3) is 7.61. The number of hydrogen-bond acceptors (Lipinski definition) is 8. The van der Waals surface area contributed by atoms with Gasteiger partial charge in [0.25, 0.3) is 5.91 Å². The van der Waals surface area contributed by atoms with Crippen LogP contribution in [0.15, 0.2) is 73.2 Å². The highest BCUT2D eigenvalue weighted by atomic mass is 16.3. The van der Waals surface area contributed by atoms with Crippen molar-refractivity contribution in [3.05, 3.63) is 90.0 Å². The van der Waals surface area contributed by atoms with Gasteiger partial charge in [0.05, 0.1) is 24.1 Å². The molecule has 1 aromatic carbocycles. The van der Waals surface area contributed by atoms with Crippen LogP contribution in [0.25, 0.3) is 0 Å². The molecule has 1 unspecified atom stereocenters. The summed E-state index contributed by atoms with van der Waals surface area (Å²) in [5.74, 6) is -4.24. The van der Waals surface area contributed by atoms with Gasteiger partial charge in [-0.05, 0) is 48.1 Å². The summed E-state index contributed by atoms with van der Waals surface area (Å²) in [5.41, 5.74) is 1.29. The molecular formula is C32H37N5O6. The number of carbonyl (C=O) groups is 4. The Bertz CT molecular complexity index is 1440. The largest absolute Gasteiger partial charge is 0.505 e. The number of aliphatic hydroxyl groups is 1. The zero-order valence-corrected chi connectivity index (χ0v) is 24.4. The number of Topliss-reactive ketones (excluding diaryl/α,β-unsaturated/α-hetero) is 1. The molecule has 1 fully saturated rings. The van der Waals surface area contributed by atoms with Gasteiger partial charge in [-0.2, -0.15) is 0 Å². The van der Waals surface area contributed by atoms with E-state index in [-0.39, 0.29) is 36.5 Å². The summed E-state index contributed by atoms with van der Waals surface area (Å²) < 4.78 is 0. The predicted molar refractivity (Wildman–Crippen MR) is 158 cm³/mol. The highest BCUT2D eigenvalue weighted by molar-refractivity contribution is 5.98. The topological polar surface area (TPSA) is 162 Å². The molecule has 0 spiro atoms. The van der Waals surface area contributed by atoms with Crippen LogP contribution in [-0.2, 0) is 27.2 Å². The Morgan fingerprint density at radius 1 is 1.00 bits per heavy atom. The van der Waals surface area contributed by atoms with E-state index < -0.39 is 53.8 Å². The number of likely N-dealkylation sites (N-methyl/N-ethyl adjacent to an activating group) is 1. The van der Waals surface area contributed by atoms with Gasteiger partial charge in [-0.3, -0.25) is 24.2 Å². The molecule has 1 aliphatic rings. The third-order valence-electron chi connectivity index (χ3n) is 7.94. The van der Waals surface area contributed by atoms with Crippen LogP contribution < -0.4 is 10.6 Å². The molecule has 0 aliphatic carbocycles. The Kier molecular flexibility index (Phi) is 10.2. The van der Waals surface area contributed by atoms with Crippen molar-refractivity contribution >= 4 is 23.5 Å². The molecule has 226 valence electrons. The van der Waals surface area contributed by atoms with Crippen molar-refractivity contribution in [3.63, 3.8) is 0 Å². The van der Waals surface area contributed by atoms with E-state index in [1.807, 2.05) is 30.3 Å². The number of nitrogens with zero attached hydrogens (tertiary/aromatic N) is 3. The zero-order valence-electron chi connectivity index (χ0n) is 24.4. The van der Waals surface area contributed by atoms with Gasteiger partial charge >= 0.3 is 0 Å². The van der Waals surface area contributed by atoms with Crippen LogP contribution >= 0.6 is 0 Å². The maximum absolute atomic E-state index is 13.8. The van der Waals surface area contributed by atoms with Crippen molar-refractivity contribution in [3.8, 4) is 5.75 Å². The number of ketones is 1. The van der Waals surface area contributed by atoms with Crippen molar-refractivity contribution in [2.45, 2.75) is 57.3 Å². The number of amides is 3. The third-order valence-corrected chi connectivity index (χ3v) is 7.94. The van der Waals surface area contributed by atoms with E-state index in [1.54, 1.807) is 45.4 Å². The fraction of sp³-hybridized carbons (Fsp3) is 0.375. The molecule has 11 heteroatoms. The second kappa shape index (κ2) is 14.0. The van der Waals surface area contributed by atoms with E-state index >= 15 is 0 Å². The van der Waals surface area contributed by atoms with Gasteiger partial charge in [-0.15, -0.1) is 0 Å². The molecule has 3 aromatic rings. The average Bonchev–Trinajstić information content (AvgIpc) is 3.01. The number of carbonyl (C=O) groups excluding carboxylic acids is 4. The minimum atomic E-state index is -1.34. The first-order chi connectivity index (χ1) is 20.6. The number of benzene rings is 1. The van der Waals surface area contributed by atoms with Gasteiger partial charge < -0.3 is 25.7 Å². The first kappa shape index (κ1) is 31.3. The second-order valence-electron chi connectivity index (χ2n) is 11.1. The molecule has 0 saturated carbocycles. The van der Waals surface area contributed by atoms with Crippen molar-refractivity contribution < 1.29 is 29.4 Å². The summed E-state index contributed by atoms with van der Waals surface area (Å²) in [4.78, 5) is 63.9. The van der Waals surface area contributed by atoms with Gasteiger partial charge in [-0.1, -0.05) is 50.2 Å². The molecule has 0 radical (unpaired) electrons. The van der Waals surface area contributed by atoms with Gasteiger partial charge in [0.15, 0.2) is 11.5 Å². The van der Waals surface area contributed by atoms with Gasteiger partial charge in [0.1, 0.15) is 11.8 Å². The normalized spacial score (nSPS) is 25.3. The Labute approximate surface area is 250 Å². The van der Waals surface area contributed by atoms with Crippen molar-refractivity contribution in [1.29, 1.82) is 0 Å². The average molecular weight is 588 g/mol. The van der Waals surface area contributed by atoms with Crippen molar-refractivity contribution in [2.24, 2.45) is 11.8 Å². The van der Waals surface area contributed by atoms with Crippen LogP contribution in [0.2, 0.25) is 0 Å². The fourth-order valence-electron chi connectivity index (χ4n) is 5.39. The van der Waals surface area contributed by atoms with Crippen LogP contribution in [0.1, 0.15) is 41.9 Å². The molecule has 11 nitrogen and oxygen atoms in total. The Balaban J connectivity index is 1.72. The summed E-state index contributed by atoms with van der Waals surface area (Å²) in [6.07, 6.45) is 3.47.